The van der Waals surface area contributed by atoms with E-state index in [1.165, 1.54) is 11.4 Å². The minimum atomic E-state index is -9.21. The smallest absolute Gasteiger partial charge is 0.337 e. The van der Waals surface area contributed by atoms with Gasteiger partial charge in [0, 0.05) is 40.7 Å². The van der Waals surface area contributed by atoms with Crippen LogP contribution in [-0.4, -0.2) is 77.0 Å². The van der Waals surface area contributed by atoms with E-state index in [1.54, 1.807) is 42.5 Å². The topological polar surface area (TPSA) is 62.3 Å². The molecule has 1 unspecified atom stereocenters. The van der Waals surface area contributed by atoms with Crippen LogP contribution in [-0.2, 0) is 4.79 Å². The van der Waals surface area contributed by atoms with Gasteiger partial charge in [-0.3, -0.25) is 9.59 Å². The third-order valence-corrected chi connectivity index (χ3v) is 9.75. The first kappa shape index (κ1) is 42.8. The van der Waals surface area contributed by atoms with E-state index in [-0.39, 0.29) is 10.7 Å². The number of carbonyl (C=O) groups is 2. The van der Waals surface area contributed by atoms with Crippen molar-refractivity contribution in [1.29, 1.82) is 0 Å². The molecule has 3 aromatic rings. The van der Waals surface area contributed by atoms with Crippen molar-refractivity contribution in [2.75, 3.05) is 18.4 Å². The fourth-order valence-corrected chi connectivity index (χ4v) is 6.84. The first-order chi connectivity index (χ1) is 24.5. The van der Waals surface area contributed by atoms with Crippen LogP contribution in [0.5, 0.6) is 0 Å². The van der Waals surface area contributed by atoms with Crippen LogP contribution >= 0.6 is 22.9 Å². The Kier molecular flexibility index (Phi) is 11.1. The number of benzene rings is 2. The van der Waals surface area contributed by atoms with Gasteiger partial charge < -0.3 is 10.2 Å². The summed E-state index contributed by atoms with van der Waals surface area (Å²) < 4.78 is 236. The largest absolute Gasteiger partial charge is 0.435 e. The van der Waals surface area contributed by atoms with Crippen LogP contribution in [0, 0.1) is 5.41 Å². The summed E-state index contributed by atoms with van der Waals surface area (Å²) in [7, 11) is 0. The molecule has 0 aliphatic carbocycles. The van der Waals surface area contributed by atoms with Crippen molar-refractivity contribution in [1.82, 2.24) is 9.88 Å². The minimum absolute atomic E-state index is 0.0250. The number of halogens is 18. The Morgan fingerprint density at radius 1 is 0.722 bits per heavy atom. The van der Waals surface area contributed by atoms with Gasteiger partial charge in [0.25, 0.3) is 11.8 Å². The van der Waals surface area contributed by atoms with Crippen molar-refractivity contribution < 1.29 is 84.2 Å². The second-order valence-corrected chi connectivity index (χ2v) is 13.0. The molecule has 1 atom stereocenters. The van der Waals surface area contributed by atoms with Gasteiger partial charge in [0.2, 0.25) is 0 Å². The van der Waals surface area contributed by atoms with Crippen molar-refractivity contribution in [2.45, 2.75) is 61.0 Å². The lowest BCUT2D eigenvalue weighted by Gasteiger charge is -2.50. The lowest BCUT2D eigenvalue weighted by atomic mass is 9.68. The van der Waals surface area contributed by atoms with Crippen LogP contribution in [0.1, 0.15) is 34.3 Å². The van der Waals surface area contributed by atoms with E-state index in [2.05, 4.69) is 10.3 Å². The predicted molar refractivity (Wildman–Crippen MR) is 156 cm³/mol. The average Bonchev–Trinajstić information content (AvgIpc) is 3.53. The quantitative estimate of drug-likeness (QED) is 0.230. The van der Waals surface area contributed by atoms with Crippen LogP contribution < -0.4 is 5.32 Å². The number of amides is 2. The summed E-state index contributed by atoms with van der Waals surface area (Å²) in [6.45, 7) is -2.51. The van der Waals surface area contributed by atoms with E-state index in [0.29, 0.717) is 21.8 Å². The third-order valence-electron chi connectivity index (χ3n) is 8.49. The highest BCUT2D eigenvalue weighted by Crippen LogP contribution is 2.72. The number of piperidine rings is 1. The van der Waals surface area contributed by atoms with Crippen molar-refractivity contribution in [3.8, 4) is 11.1 Å². The summed E-state index contributed by atoms with van der Waals surface area (Å²) in [6, 6.07) is 12.9. The average molecular weight is 844 g/mol. The van der Waals surface area contributed by atoms with Gasteiger partial charge in [0.1, 0.15) is 5.69 Å². The number of para-hydroxylation sites is 1. The molecule has 0 radical (unpaired) electrons. The van der Waals surface area contributed by atoms with Crippen LogP contribution in [0.2, 0.25) is 5.02 Å². The first-order valence-corrected chi connectivity index (χ1v) is 15.9. The molecule has 1 aromatic heterocycles. The van der Waals surface area contributed by atoms with E-state index in [1.807, 2.05) is 0 Å². The van der Waals surface area contributed by atoms with Gasteiger partial charge in [0.15, 0.2) is 0 Å². The molecule has 1 fully saturated rings. The highest BCUT2D eigenvalue weighted by atomic mass is 35.5. The zero-order valence-corrected chi connectivity index (χ0v) is 27.6. The molecule has 1 aliphatic rings. The highest BCUT2D eigenvalue weighted by molar-refractivity contribution is 7.10. The third kappa shape index (κ3) is 6.82. The van der Waals surface area contributed by atoms with Gasteiger partial charge in [-0.2, -0.15) is 61.5 Å². The van der Waals surface area contributed by atoms with Crippen LogP contribution in [0.4, 0.5) is 80.3 Å². The number of thiazole rings is 1. The number of rotatable bonds is 8. The zero-order valence-electron chi connectivity index (χ0n) is 26.0. The number of anilines is 1. The highest BCUT2D eigenvalue weighted by Gasteiger charge is 3.02. The lowest BCUT2D eigenvalue weighted by Crippen LogP contribution is -2.81. The SMILES string of the molecule is O=C(Nc1ccccc1-c1ccc(Cl)cc1)c1csc(C2CCN(C(=O)C(F)(F)C(F)(C(F)(F)F)C(F)(F)C(C(F)(F)F)(C(F)(F)F)C(F)(F)F)CC2)n1. The second kappa shape index (κ2) is 14.0. The van der Waals surface area contributed by atoms with Crippen LogP contribution in [0.3, 0.4) is 0 Å². The van der Waals surface area contributed by atoms with Gasteiger partial charge in [-0.1, -0.05) is 41.9 Å². The molecule has 24 heteroatoms. The number of hydrogen-bond acceptors (Lipinski definition) is 4. The van der Waals surface area contributed by atoms with Crippen LogP contribution in [0.25, 0.3) is 11.1 Å². The number of carbonyl (C=O) groups excluding carboxylic acids is 2. The summed E-state index contributed by atoms with van der Waals surface area (Å²) in [5.41, 5.74) is -16.6. The van der Waals surface area contributed by atoms with Crippen molar-refractivity contribution >= 4 is 40.4 Å². The molecule has 1 N–H and O–H groups in total. The fourth-order valence-electron chi connectivity index (χ4n) is 5.74. The lowest BCUT2D eigenvalue weighted by molar-refractivity contribution is -0.509. The summed E-state index contributed by atoms with van der Waals surface area (Å²) in [4.78, 5) is 29.0. The maximum absolute atomic E-state index is 15.2. The number of hydrogen-bond donors (Lipinski definition) is 1. The van der Waals surface area contributed by atoms with E-state index in [0.717, 1.165) is 11.3 Å². The molecule has 54 heavy (non-hydrogen) atoms. The Balaban J connectivity index is 1.58. The molecular weight excluding hydrogens is 825 g/mol. The summed E-state index contributed by atoms with van der Waals surface area (Å²) in [5, 5.41) is 4.27. The molecular formula is C30H19ClF17N3O2S. The van der Waals surface area contributed by atoms with Gasteiger partial charge >= 0.3 is 47.6 Å². The van der Waals surface area contributed by atoms with Gasteiger partial charge in [-0.15, -0.1) is 11.3 Å². The molecule has 2 heterocycles. The molecule has 0 bridgehead atoms. The zero-order chi connectivity index (χ0) is 41.1. The fraction of sp³-hybridized carbons (Fsp3) is 0.433. The Morgan fingerprint density at radius 3 is 1.70 bits per heavy atom. The predicted octanol–water partition coefficient (Wildman–Crippen LogP) is 10.6. The van der Waals surface area contributed by atoms with E-state index in [4.69, 9.17) is 11.6 Å². The number of nitrogens with one attached hydrogen (secondary N) is 1. The Bertz CT molecular complexity index is 1810. The Hall–Kier alpha value is -3.89. The van der Waals surface area contributed by atoms with Gasteiger partial charge in [-0.05, 0) is 36.6 Å². The number of aromatic nitrogens is 1. The molecule has 1 saturated heterocycles. The second-order valence-electron chi connectivity index (χ2n) is 11.7. The maximum atomic E-state index is 15.2. The van der Waals surface area contributed by atoms with E-state index >= 15 is 13.2 Å². The normalized spacial score (nSPS) is 17.0. The van der Waals surface area contributed by atoms with Gasteiger partial charge in [0.05, 0.1) is 5.01 Å². The molecule has 0 saturated carbocycles. The van der Waals surface area contributed by atoms with E-state index in [9.17, 15) is 71.1 Å². The van der Waals surface area contributed by atoms with Crippen LogP contribution in [0.15, 0.2) is 53.9 Å². The molecule has 0 spiro atoms. The summed E-state index contributed by atoms with van der Waals surface area (Å²) >= 11 is 6.67. The van der Waals surface area contributed by atoms with Crippen molar-refractivity contribution in [2.24, 2.45) is 5.41 Å². The maximum Gasteiger partial charge on any atom is 0.435 e. The Labute approximate surface area is 300 Å². The molecule has 298 valence electrons. The van der Waals surface area contributed by atoms with E-state index < -0.39 is 96.2 Å². The van der Waals surface area contributed by atoms with Crippen molar-refractivity contribution in [3.05, 3.63) is 69.6 Å². The first-order valence-electron chi connectivity index (χ1n) is 14.6. The monoisotopic (exact) mass is 843 g/mol. The number of likely N-dealkylation sites (tertiary alicyclic amines) is 1. The molecule has 2 aromatic carbocycles. The molecule has 2 amide bonds. The number of alkyl halides is 17. The standard InChI is InChI=1S/C30H19ClF17N3O2S/c31-16-7-5-14(6-8-16)17-3-1-2-4-18(17)49-20(52)19-13-54-21(50-19)15-9-11-51(12-10-15)22(53)23(32,33)25(34,30(46,47)48)26(35,36)24(27(37,38)39,28(40,41)42)29(43,44)45/h1-8,13,15H,9-12H2,(H,49,52). The molecule has 1 aliphatic heterocycles. The summed E-state index contributed by atoms with van der Waals surface area (Å²) in [5.74, 6) is -22.4. The minimum Gasteiger partial charge on any atom is -0.337 e. The van der Waals surface area contributed by atoms with Gasteiger partial charge in [-0.25, -0.2) is 18.2 Å². The molecule has 4 rings (SSSR count). The summed E-state index contributed by atoms with van der Waals surface area (Å²) in [6.07, 6.45) is -35.6. The Morgan fingerprint density at radius 2 is 1.22 bits per heavy atom. The van der Waals surface area contributed by atoms with Crippen molar-refractivity contribution in [3.63, 3.8) is 0 Å². The number of nitrogens with zero attached hydrogens (tertiary/aromatic N) is 2. The molecule has 5 nitrogen and oxygen atoms in total.